The fourth-order valence-corrected chi connectivity index (χ4v) is 5.44. The van der Waals surface area contributed by atoms with Gasteiger partial charge in [-0.25, -0.2) is 8.42 Å². The Morgan fingerprint density at radius 2 is 1.83 bits per heavy atom. The Morgan fingerprint density at radius 3 is 2.48 bits per heavy atom. The lowest BCUT2D eigenvalue weighted by atomic mass is 9.95. The average molecular weight is 476 g/mol. The second-order valence-corrected chi connectivity index (χ2v) is 9.84. The second-order valence-electron chi connectivity index (χ2n) is 7.04. The van der Waals surface area contributed by atoms with E-state index in [2.05, 4.69) is 21.2 Å². The zero-order valence-corrected chi connectivity index (χ0v) is 18.2. The van der Waals surface area contributed by atoms with Crippen molar-refractivity contribution in [3.63, 3.8) is 0 Å². The van der Waals surface area contributed by atoms with Crippen LogP contribution in [0.3, 0.4) is 0 Å². The lowest BCUT2D eigenvalue weighted by Gasteiger charge is -2.33. The van der Waals surface area contributed by atoms with Gasteiger partial charge in [0, 0.05) is 16.2 Å². The van der Waals surface area contributed by atoms with Gasteiger partial charge in [0.2, 0.25) is 15.9 Å². The molecular formula is C21H22BrN3O3S. The third-order valence-electron chi connectivity index (χ3n) is 4.98. The number of carbonyl (C=O) groups excluding carboxylic acids is 1. The van der Waals surface area contributed by atoms with Gasteiger partial charge < -0.3 is 5.32 Å². The fourth-order valence-electron chi connectivity index (χ4n) is 3.53. The van der Waals surface area contributed by atoms with Gasteiger partial charge in [0.15, 0.2) is 0 Å². The molecule has 29 heavy (non-hydrogen) atoms. The van der Waals surface area contributed by atoms with Crippen molar-refractivity contribution in [3.8, 4) is 6.07 Å². The number of hydrogen-bond donors (Lipinski definition) is 1. The molecule has 8 heteroatoms. The minimum atomic E-state index is -3.82. The van der Waals surface area contributed by atoms with E-state index in [1.807, 2.05) is 6.07 Å². The van der Waals surface area contributed by atoms with Crippen LogP contribution in [-0.4, -0.2) is 31.2 Å². The van der Waals surface area contributed by atoms with E-state index in [0.29, 0.717) is 11.3 Å². The number of rotatable bonds is 6. The highest BCUT2D eigenvalue weighted by Crippen LogP contribution is 2.28. The van der Waals surface area contributed by atoms with Crippen molar-refractivity contribution < 1.29 is 13.2 Å². The maximum Gasteiger partial charge on any atom is 0.243 e. The average Bonchev–Trinajstić information content (AvgIpc) is 2.73. The topological polar surface area (TPSA) is 90.3 Å². The van der Waals surface area contributed by atoms with Crippen molar-refractivity contribution in [2.24, 2.45) is 0 Å². The summed E-state index contributed by atoms with van der Waals surface area (Å²) in [5.74, 6) is -0.425. The molecular weight excluding hydrogens is 454 g/mol. The van der Waals surface area contributed by atoms with Crippen LogP contribution in [0.1, 0.15) is 37.7 Å². The van der Waals surface area contributed by atoms with Crippen molar-refractivity contribution in [2.45, 2.75) is 43.0 Å². The van der Waals surface area contributed by atoms with E-state index >= 15 is 0 Å². The number of halogens is 1. The summed E-state index contributed by atoms with van der Waals surface area (Å²) in [5.41, 5.74) is 0.896. The molecule has 1 N–H and O–H groups in total. The SMILES string of the molecule is N#Cc1cccc(NC(=O)CN(C2CCCCC2)S(=O)(=O)c2ccc(Br)cc2)c1. The predicted molar refractivity (Wildman–Crippen MR) is 115 cm³/mol. The number of anilines is 1. The lowest BCUT2D eigenvalue weighted by Crippen LogP contribution is -2.45. The van der Waals surface area contributed by atoms with Gasteiger partial charge in [0.05, 0.1) is 23.1 Å². The van der Waals surface area contributed by atoms with Gasteiger partial charge in [-0.1, -0.05) is 41.3 Å². The molecule has 0 aliphatic heterocycles. The molecule has 1 amide bonds. The largest absolute Gasteiger partial charge is 0.325 e. The first-order chi connectivity index (χ1) is 13.9. The van der Waals surface area contributed by atoms with E-state index in [4.69, 9.17) is 5.26 Å². The third kappa shape index (κ3) is 5.44. The molecule has 3 rings (SSSR count). The van der Waals surface area contributed by atoms with Gasteiger partial charge in [-0.2, -0.15) is 9.57 Å². The number of nitriles is 1. The molecule has 2 aromatic rings. The van der Waals surface area contributed by atoms with Crippen LogP contribution >= 0.6 is 15.9 Å². The number of carbonyl (C=O) groups is 1. The van der Waals surface area contributed by atoms with Crippen LogP contribution < -0.4 is 5.32 Å². The summed E-state index contributed by atoms with van der Waals surface area (Å²) in [6, 6.07) is 14.8. The number of sulfonamides is 1. The Bertz CT molecular complexity index is 1010. The molecule has 0 heterocycles. The Kier molecular flexibility index (Phi) is 7.06. The standard InChI is InChI=1S/C21H22BrN3O3S/c22-17-9-11-20(12-10-17)29(27,28)25(19-7-2-1-3-8-19)15-21(26)24-18-6-4-5-16(13-18)14-23/h4-6,9-13,19H,1-3,7-8,15H2,(H,24,26). The molecule has 1 aliphatic carbocycles. The smallest absolute Gasteiger partial charge is 0.243 e. The van der Waals surface area contributed by atoms with Gasteiger partial charge in [0.25, 0.3) is 0 Å². The maximum absolute atomic E-state index is 13.3. The summed E-state index contributed by atoms with van der Waals surface area (Å²) in [6.07, 6.45) is 4.46. The predicted octanol–water partition coefficient (Wildman–Crippen LogP) is 4.28. The summed E-state index contributed by atoms with van der Waals surface area (Å²) in [7, 11) is -3.82. The zero-order valence-electron chi connectivity index (χ0n) is 15.8. The lowest BCUT2D eigenvalue weighted by molar-refractivity contribution is -0.116. The molecule has 0 saturated heterocycles. The summed E-state index contributed by atoms with van der Waals surface area (Å²) >= 11 is 3.32. The van der Waals surface area contributed by atoms with Crippen LogP contribution in [-0.2, 0) is 14.8 Å². The van der Waals surface area contributed by atoms with Crippen molar-refractivity contribution in [2.75, 3.05) is 11.9 Å². The molecule has 152 valence electrons. The van der Waals surface area contributed by atoms with E-state index in [0.717, 1.165) is 36.6 Å². The van der Waals surface area contributed by atoms with Crippen LogP contribution in [0.25, 0.3) is 0 Å². The summed E-state index contributed by atoms with van der Waals surface area (Å²) < 4.78 is 28.8. The molecule has 0 atom stereocenters. The first kappa shape index (κ1) is 21.5. The quantitative estimate of drug-likeness (QED) is 0.674. The molecule has 1 saturated carbocycles. The Balaban J connectivity index is 1.84. The number of nitrogens with zero attached hydrogens (tertiary/aromatic N) is 2. The number of nitrogens with one attached hydrogen (secondary N) is 1. The van der Waals surface area contributed by atoms with Gasteiger partial charge in [-0.05, 0) is 55.3 Å². The summed E-state index contributed by atoms with van der Waals surface area (Å²) in [5, 5.41) is 11.7. The highest BCUT2D eigenvalue weighted by atomic mass is 79.9. The van der Waals surface area contributed by atoms with Crippen LogP contribution in [0.5, 0.6) is 0 Å². The van der Waals surface area contributed by atoms with Crippen LogP contribution in [0.15, 0.2) is 57.9 Å². The van der Waals surface area contributed by atoms with E-state index in [9.17, 15) is 13.2 Å². The van der Waals surface area contributed by atoms with E-state index < -0.39 is 15.9 Å². The highest BCUT2D eigenvalue weighted by Gasteiger charge is 2.34. The molecule has 0 radical (unpaired) electrons. The Labute approximate surface area is 179 Å². The van der Waals surface area contributed by atoms with Gasteiger partial charge in [-0.15, -0.1) is 0 Å². The number of amides is 1. The Morgan fingerprint density at radius 1 is 1.14 bits per heavy atom. The maximum atomic E-state index is 13.3. The monoisotopic (exact) mass is 475 g/mol. The molecule has 6 nitrogen and oxygen atoms in total. The van der Waals surface area contributed by atoms with Crippen molar-refractivity contribution in [1.82, 2.24) is 4.31 Å². The Hall–Kier alpha value is -2.21. The van der Waals surface area contributed by atoms with Crippen molar-refractivity contribution in [3.05, 3.63) is 58.6 Å². The highest BCUT2D eigenvalue weighted by molar-refractivity contribution is 9.10. The summed E-state index contributed by atoms with van der Waals surface area (Å²) in [4.78, 5) is 12.9. The molecule has 2 aromatic carbocycles. The first-order valence-electron chi connectivity index (χ1n) is 9.47. The molecule has 0 unspecified atom stereocenters. The van der Waals surface area contributed by atoms with E-state index in [1.165, 1.54) is 4.31 Å². The van der Waals surface area contributed by atoms with Gasteiger partial charge in [0.1, 0.15) is 0 Å². The first-order valence-corrected chi connectivity index (χ1v) is 11.7. The molecule has 1 aliphatic rings. The van der Waals surface area contributed by atoms with Gasteiger partial charge in [-0.3, -0.25) is 4.79 Å². The molecule has 0 bridgehead atoms. The molecule has 1 fully saturated rings. The van der Waals surface area contributed by atoms with E-state index in [-0.39, 0.29) is 17.5 Å². The van der Waals surface area contributed by atoms with E-state index in [1.54, 1.807) is 48.5 Å². The number of benzene rings is 2. The normalized spacial score (nSPS) is 15.1. The molecule has 0 spiro atoms. The third-order valence-corrected chi connectivity index (χ3v) is 7.42. The number of hydrogen-bond acceptors (Lipinski definition) is 4. The fraction of sp³-hybridized carbons (Fsp3) is 0.333. The summed E-state index contributed by atoms with van der Waals surface area (Å²) in [6.45, 7) is -0.264. The zero-order chi connectivity index (χ0) is 20.9. The van der Waals surface area contributed by atoms with Crippen LogP contribution in [0.4, 0.5) is 5.69 Å². The van der Waals surface area contributed by atoms with Crippen molar-refractivity contribution >= 4 is 37.5 Å². The van der Waals surface area contributed by atoms with Gasteiger partial charge >= 0.3 is 0 Å². The minimum absolute atomic E-state index is 0.172. The van der Waals surface area contributed by atoms with Crippen LogP contribution in [0.2, 0.25) is 0 Å². The van der Waals surface area contributed by atoms with Crippen molar-refractivity contribution in [1.29, 1.82) is 5.26 Å². The van der Waals surface area contributed by atoms with Crippen LogP contribution in [0, 0.1) is 11.3 Å². The molecule has 0 aromatic heterocycles. The minimum Gasteiger partial charge on any atom is -0.325 e. The second kappa shape index (κ2) is 9.53.